The molecule has 0 bridgehead atoms. The Bertz CT molecular complexity index is 594. The van der Waals surface area contributed by atoms with Gasteiger partial charge in [0.25, 0.3) is 5.91 Å². The number of nitrogens with one attached hydrogen (secondary N) is 2. The second-order valence-electron chi connectivity index (χ2n) is 3.24. The minimum absolute atomic E-state index is 0.347. The minimum Gasteiger partial charge on any atom is -0.352 e. The van der Waals surface area contributed by atoms with E-state index in [2.05, 4.69) is 15.3 Å². The molecule has 2 N–H and O–H groups in total. The van der Waals surface area contributed by atoms with E-state index in [4.69, 9.17) is 12.2 Å². The zero-order valence-electron chi connectivity index (χ0n) is 8.61. The molecular weight excluding hydrogens is 241 g/mol. The van der Waals surface area contributed by atoms with Crippen LogP contribution in [-0.2, 0) is 0 Å². The smallest absolute Gasteiger partial charge is 0.258 e. The third-order valence-corrected chi connectivity index (χ3v) is 2.39. The van der Waals surface area contributed by atoms with Crippen LogP contribution >= 0.6 is 12.2 Å². The maximum absolute atomic E-state index is 12.6. The molecular formula is C11H8FN3OS. The Morgan fingerprint density at radius 1 is 1.41 bits per heavy atom. The Morgan fingerprint density at radius 3 is 2.88 bits per heavy atom. The van der Waals surface area contributed by atoms with E-state index in [0.29, 0.717) is 15.9 Å². The highest BCUT2D eigenvalue weighted by Gasteiger charge is 2.07. The summed E-state index contributed by atoms with van der Waals surface area (Å²) >= 11 is 4.97. The van der Waals surface area contributed by atoms with Crippen molar-refractivity contribution in [1.29, 1.82) is 0 Å². The van der Waals surface area contributed by atoms with Crippen LogP contribution in [0, 0.1) is 10.6 Å². The lowest BCUT2D eigenvalue weighted by Gasteiger charge is -2.04. The number of anilines is 1. The number of rotatable bonds is 2. The van der Waals surface area contributed by atoms with Crippen molar-refractivity contribution in [1.82, 2.24) is 9.97 Å². The van der Waals surface area contributed by atoms with Crippen LogP contribution in [0.5, 0.6) is 0 Å². The lowest BCUT2D eigenvalue weighted by atomic mass is 10.2. The standard InChI is InChI=1S/C11H8FN3OS/c12-9-4-3-7(6-14-9)15-10(16)8-2-1-5-13-11(8)17/h1-6H,(H,13,17)(H,15,16). The van der Waals surface area contributed by atoms with Crippen molar-refractivity contribution in [3.8, 4) is 0 Å². The number of aromatic nitrogens is 2. The SMILES string of the molecule is O=C(Nc1ccc(F)nc1)c1ccc[nH]c1=S. The molecule has 86 valence electrons. The highest BCUT2D eigenvalue weighted by atomic mass is 32.1. The summed E-state index contributed by atoms with van der Waals surface area (Å²) in [6, 6.07) is 5.87. The van der Waals surface area contributed by atoms with Crippen LogP contribution in [-0.4, -0.2) is 15.9 Å². The van der Waals surface area contributed by atoms with Gasteiger partial charge in [0.2, 0.25) is 5.95 Å². The van der Waals surface area contributed by atoms with E-state index < -0.39 is 5.95 Å². The Labute approximate surface area is 102 Å². The summed E-state index contributed by atoms with van der Waals surface area (Å²) in [5, 5.41) is 2.57. The molecule has 0 unspecified atom stereocenters. The number of aromatic amines is 1. The summed E-state index contributed by atoms with van der Waals surface area (Å²) < 4.78 is 12.9. The summed E-state index contributed by atoms with van der Waals surface area (Å²) in [4.78, 5) is 18.0. The summed E-state index contributed by atoms with van der Waals surface area (Å²) in [5.41, 5.74) is 0.765. The molecule has 2 rings (SSSR count). The number of pyridine rings is 2. The van der Waals surface area contributed by atoms with Gasteiger partial charge in [-0.05, 0) is 24.3 Å². The number of hydrogen-bond donors (Lipinski definition) is 2. The molecule has 2 aromatic heterocycles. The predicted molar refractivity (Wildman–Crippen MR) is 63.8 cm³/mol. The van der Waals surface area contributed by atoms with Gasteiger partial charge in [0.1, 0.15) is 4.64 Å². The molecule has 0 aliphatic rings. The first-order valence-corrected chi connectivity index (χ1v) is 5.18. The van der Waals surface area contributed by atoms with E-state index >= 15 is 0 Å². The summed E-state index contributed by atoms with van der Waals surface area (Å²) in [7, 11) is 0. The average molecular weight is 249 g/mol. The van der Waals surface area contributed by atoms with Crippen LogP contribution in [0.1, 0.15) is 10.4 Å². The molecule has 0 aliphatic carbocycles. The highest BCUT2D eigenvalue weighted by Crippen LogP contribution is 2.08. The molecule has 17 heavy (non-hydrogen) atoms. The third-order valence-electron chi connectivity index (χ3n) is 2.05. The molecule has 2 heterocycles. The van der Waals surface area contributed by atoms with Gasteiger partial charge in [-0.1, -0.05) is 12.2 Å². The molecule has 2 aromatic rings. The molecule has 0 saturated carbocycles. The Balaban J connectivity index is 2.20. The largest absolute Gasteiger partial charge is 0.352 e. The number of amides is 1. The molecule has 0 atom stereocenters. The maximum Gasteiger partial charge on any atom is 0.258 e. The summed E-state index contributed by atoms with van der Waals surface area (Å²) in [6.07, 6.45) is 2.88. The molecule has 0 radical (unpaired) electrons. The second-order valence-corrected chi connectivity index (χ2v) is 3.64. The van der Waals surface area contributed by atoms with Gasteiger partial charge in [-0.25, -0.2) is 4.98 Å². The van der Waals surface area contributed by atoms with E-state index in [0.717, 1.165) is 0 Å². The molecule has 0 spiro atoms. The minimum atomic E-state index is -0.597. The van der Waals surface area contributed by atoms with E-state index in [-0.39, 0.29) is 5.91 Å². The lowest BCUT2D eigenvalue weighted by molar-refractivity contribution is 0.102. The molecule has 0 saturated heterocycles. The highest BCUT2D eigenvalue weighted by molar-refractivity contribution is 7.71. The van der Waals surface area contributed by atoms with Crippen molar-refractivity contribution < 1.29 is 9.18 Å². The van der Waals surface area contributed by atoms with Gasteiger partial charge < -0.3 is 10.3 Å². The fourth-order valence-electron chi connectivity index (χ4n) is 1.25. The Hall–Kier alpha value is -2.08. The van der Waals surface area contributed by atoms with Gasteiger partial charge in [-0.2, -0.15) is 4.39 Å². The number of carbonyl (C=O) groups is 1. The molecule has 0 aromatic carbocycles. The van der Waals surface area contributed by atoms with Crippen LogP contribution in [0.25, 0.3) is 0 Å². The number of halogens is 1. The first-order chi connectivity index (χ1) is 8.16. The van der Waals surface area contributed by atoms with E-state index in [1.54, 1.807) is 18.3 Å². The van der Waals surface area contributed by atoms with Gasteiger partial charge in [-0.15, -0.1) is 0 Å². The van der Waals surface area contributed by atoms with Crippen LogP contribution in [0.3, 0.4) is 0 Å². The zero-order valence-corrected chi connectivity index (χ0v) is 9.42. The average Bonchev–Trinajstić information content (AvgIpc) is 2.32. The lowest BCUT2D eigenvalue weighted by Crippen LogP contribution is -2.13. The van der Waals surface area contributed by atoms with Crippen LogP contribution in [0.4, 0.5) is 10.1 Å². The van der Waals surface area contributed by atoms with Gasteiger partial charge >= 0.3 is 0 Å². The van der Waals surface area contributed by atoms with Crippen LogP contribution in [0.15, 0.2) is 36.7 Å². The fourth-order valence-corrected chi connectivity index (χ4v) is 1.48. The summed E-state index contributed by atoms with van der Waals surface area (Å²) in [5.74, 6) is -0.958. The quantitative estimate of drug-likeness (QED) is 0.635. The van der Waals surface area contributed by atoms with Gasteiger partial charge in [-0.3, -0.25) is 4.79 Å². The monoisotopic (exact) mass is 249 g/mol. The van der Waals surface area contributed by atoms with E-state index in [1.165, 1.54) is 18.3 Å². The van der Waals surface area contributed by atoms with Gasteiger partial charge in [0.05, 0.1) is 17.4 Å². The molecule has 0 aliphatic heterocycles. The maximum atomic E-state index is 12.6. The van der Waals surface area contributed by atoms with Crippen LogP contribution < -0.4 is 5.32 Å². The molecule has 6 heteroatoms. The van der Waals surface area contributed by atoms with Gasteiger partial charge in [0.15, 0.2) is 0 Å². The number of H-pyrrole nitrogens is 1. The van der Waals surface area contributed by atoms with E-state index in [1.807, 2.05) is 0 Å². The number of nitrogens with zero attached hydrogens (tertiary/aromatic N) is 1. The third kappa shape index (κ3) is 2.73. The van der Waals surface area contributed by atoms with Gasteiger partial charge in [0, 0.05) is 6.20 Å². The zero-order chi connectivity index (χ0) is 12.3. The van der Waals surface area contributed by atoms with Crippen molar-refractivity contribution in [3.63, 3.8) is 0 Å². The Kier molecular flexibility index (Phi) is 3.24. The topological polar surface area (TPSA) is 57.8 Å². The molecule has 0 fully saturated rings. The molecule has 4 nitrogen and oxygen atoms in total. The van der Waals surface area contributed by atoms with Crippen molar-refractivity contribution in [2.75, 3.05) is 5.32 Å². The number of carbonyl (C=O) groups excluding carboxylic acids is 1. The normalized spacial score (nSPS) is 9.94. The van der Waals surface area contributed by atoms with E-state index in [9.17, 15) is 9.18 Å². The number of hydrogen-bond acceptors (Lipinski definition) is 3. The summed E-state index contributed by atoms with van der Waals surface area (Å²) in [6.45, 7) is 0. The van der Waals surface area contributed by atoms with Crippen molar-refractivity contribution >= 4 is 23.8 Å². The Morgan fingerprint density at radius 2 is 2.24 bits per heavy atom. The first-order valence-electron chi connectivity index (χ1n) is 4.77. The van der Waals surface area contributed by atoms with Crippen molar-refractivity contribution in [2.24, 2.45) is 0 Å². The molecule has 1 amide bonds. The first kappa shape index (κ1) is 11.4. The van der Waals surface area contributed by atoms with Crippen LogP contribution in [0.2, 0.25) is 0 Å². The fraction of sp³-hybridized carbons (Fsp3) is 0. The predicted octanol–water partition coefficient (Wildman–Crippen LogP) is 2.53. The second kappa shape index (κ2) is 4.84. The van der Waals surface area contributed by atoms with Crippen molar-refractivity contribution in [3.05, 3.63) is 52.8 Å². The van der Waals surface area contributed by atoms with Crippen molar-refractivity contribution in [2.45, 2.75) is 0 Å².